The van der Waals surface area contributed by atoms with Gasteiger partial charge < -0.3 is 14.6 Å². The van der Waals surface area contributed by atoms with E-state index in [1.807, 2.05) is 12.1 Å². The molecule has 4 nitrogen and oxygen atoms in total. The molecule has 3 rings (SSSR count). The lowest BCUT2D eigenvalue weighted by Gasteiger charge is -2.18. The van der Waals surface area contributed by atoms with E-state index in [1.165, 1.54) is 11.3 Å². The van der Waals surface area contributed by atoms with Crippen LogP contribution in [0.1, 0.15) is 17.1 Å². The van der Waals surface area contributed by atoms with E-state index in [1.54, 1.807) is 0 Å². The highest BCUT2D eigenvalue weighted by Gasteiger charge is 2.17. The van der Waals surface area contributed by atoms with E-state index in [9.17, 15) is 0 Å². The number of benzene rings is 1. The zero-order valence-electron chi connectivity index (χ0n) is 11.5. The lowest BCUT2D eigenvalue weighted by atomic mass is 10.2. The van der Waals surface area contributed by atoms with Crippen LogP contribution in [0.15, 0.2) is 28.9 Å². The average molecular weight is 336 g/mol. The molecule has 0 spiro atoms. The largest absolute Gasteiger partial charge is 0.493 e. The molecule has 0 radical (unpaired) electrons. The van der Waals surface area contributed by atoms with Crippen LogP contribution in [0.3, 0.4) is 0 Å². The molecule has 1 N–H and O–H groups in total. The molecule has 1 aromatic heterocycles. The zero-order chi connectivity index (χ0) is 13.9. The summed E-state index contributed by atoms with van der Waals surface area (Å²) < 4.78 is 9.03. The van der Waals surface area contributed by atoms with E-state index in [2.05, 4.69) is 49.9 Å². The molecule has 0 aliphatic carbocycles. The Morgan fingerprint density at radius 2 is 2.15 bits per heavy atom. The third kappa shape index (κ3) is 2.88. The molecule has 1 aliphatic heterocycles. The fourth-order valence-electron chi connectivity index (χ4n) is 2.42. The quantitative estimate of drug-likeness (QED) is 0.933. The van der Waals surface area contributed by atoms with E-state index in [0.717, 1.165) is 42.2 Å². The maximum absolute atomic E-state index is 5.78. The molecule has 0 fully saturated rings. The molecular weight excluding hydrogens is 318 g/mol. The highest BCUT2D eigenvalue weighted by atomic mass is 79.9. The Balaban J connectivity index is 1.62. The van der Waals surface area contributed by atoms with Crippen molar-refractivity contribution >= 4 is 15.9 Å². The van der Waals surface area contributed by atoms with Crippen molar-refractivity contribution in [3.05, 3.63) is 46.0 Å². The van der Waals surface area contributed by atoms with Gasteiger partial charge in [0.1, 0.15) is 16.2 Å². The highest BCUT2D eigenvalue weighted by Crippen LogP contribution is 2.20. The van der Waals surface area contributed by atoms with E-state index < -0.39 is 0 Å². The number of imidazole rings is 1. The van der Waals surface area contributed by atoms with Crippen molar-refractivity contribution in [1.82, 2.24) is 14.9 Å². The average Bonchev–Trinajstić information content (AvgIpc) is 2.79. The summed E-state index contributed by atoms with van der Waals surface area (Å²) in [5.41, 5.74) is 2.48. The molecule has 2 heterocycles. The number of hydrogen-bond acceptors (Lipinski definition) is 3. The number of hydrogen-bond donors (Lipinski definition) is 1. The minimum absolute atomic E-state index is 0.652. The van der Waals surface area contributed by atoms with Gasteiger partial charge in [-0.1, -0.05) is 17.7 Å². The first-order chi connectivity index (χ1) is 9.74. The van der Waals surface area contributed by atoms with Gasteiger partial charge in [0.25, 0.3) is 0 Å². The summed E-state index contributed by atoms with van der Waals surface area (Å²) in [4.78, 5) is 4.60. The first-order valence-electron chi connectivity index (χ1n) is 6.88. The number of aryl methyl sites for hydroxylation is 1. The summed E-state index contributed by atoms with van der Waals surface area (Å²) in [6.07, 6.45) is 0.826. The van der Waals surface area contributed by atoms with E-state index >= 15 is 0 Å². The first kappa shape index (κ1) is 13.6. The number of ether oxygens (including phenoxy) is 1. The topological polar surface area (TPSA) is 39.1 Å². The van der Waals surface area contributed by atoms with Crippen LogP contribution in [-0.2, 0) is 19.5 Å². The summed E-state index contributed by atoms with van der Waals surface area (Å²) in [6.45, 7) is 5.59. The molecule has 1 aromatic carbocycles. The van der Waals surface area contributed by atoms with Crippen LogP contribution in [-0.4, -0.2) is 22.7 Å². The van der Waals surface area contributed by atoms with Crippen molar-refractivity contribution in [2.24, 2.45) is 0 Å². The second kappa shape index (κ2) is 5.97. The van der Waals surface area contributed by atoms with Crippen LogP contribution >= 0.6 is 15.9 Å². The van der Waals surface area contributed by atoms with E-state index in [0.29, 0.717) is 6.61 Å². The molecule has 0 amide bonds. The van der Waals surface area contributed by atoms with Gasteiger partial charge >= 0.3 is 0 Å². The van der Waals surface area contributed by atoms with Crippen LogP contribution < -0.4 is 10.1 Å². The van der Waals surface area contributed by atoms with Crippen LogP contribution in [0.5, 0.6) is 5.75 Å². The molecule has 106 valence electrons. The Morgan fingerprint density at radius 3 is 2.95 bits per heavy atom. The van der Waals surface area contributed by atoms with Gasteiger partial charge in [0.2, 0.25) is 0 Å². The number of nitrogens with one attached hydrogen (secondary N) is 1. The number of halogens is 1. The fraction of sp³-hybridized carbons (Fsp3) is 0.400. The van der Waals surface area contributed by atoms with Crippen molar-refractivity contribution in [1.29, 1.82) is 0 Å². The van der Waals surface area contributed by atoms with Gasteiger partial charge in [0.05, 0.1) is 12.3 Å². The predicted molar refractivity (Wildman–Crippen MR) is 82.0 cm³/mol. The molecule has 2 aromatic rings. The molecule has 0 saturated carbocycles. The molecule has 1 aliphatic rings. The molecule has 0 bridgehead atoms. The van der Waals surface area contributed by atoms with Gasteiger partial charge in [-0.05, 0) is 35.0 Å². The SMILES string of the molecule is Cc1ccc(OCCc2nc(Br)c3n2CCNC3)cc1. The molecule has 0 unspecified atom stereocenters. The van der Waals surface area contributed by atoms with Crippen molar-refractivity contribution in [3.63, 3.8) is 0 Å². The Bertz CT molecular complexity index is 592. The summed E-state index contributed by atoms with van der Waals surface area (Å²) in [5.74, 6) is 2.02. The van der Waals surface area contributed by atoms with Crippen molar-refractivity contribution in [2.45, 2.75) is 26.4 Å². The van der Waals surface area contributed by atoms with Gasteiger partial charge in [-0.3, -0.25) is 0 Å². The van der Waals surface area contributed by atoms with E-state index in [-0.39, 0.29) is 0 Å². The minimum Gasteiger partial charge on any atom is -0.493 e. The van der Waals surface area contributed by atoms with Crippen molar-refractivity contribution < 1.29 is 4.74 Å². The molecule has 0 saturated heterocycles. The minimum atomic E-state index is 0.652. The number of aromatic nitrogens is 2. The van der Waals surface area contributed by atoms with E-state index in [4.69, 9.17) is 4.74 Å². The van der Waals surface area contributed by atoms with Gasteiger partial charge in [-0.2, -0.15) is 0 Å². The van der Waals surface area contributed by atoms with Crippen LogP contribution in [0.2, 0.25) is 0 Å². The molecule has 5 heteroatoms. The van der Waals surface area contributed by atoms with Gasteiger partial charge in [0, 0.05) is 26.1 Å². The zero-order valence-corrected chi connectivity index (χ0v) is 13.1. The summed E-state index contributed by atoms with van der Waals surface area (Å²) in [6, 6.07) is 8.15. The summed E-state index contributed by atoms with van der Waals surface area (Å²) in [5, 5.41) is 3.36. The predicted octanol–water partition coefficient (Wildman–Crippen LogP) is 2.68. The number of fused-ring (bicyclic) bond motifs is 1. The summed E-state index contributed by atoms with van der Waals surface area (Å²) in [7, 11) is 0. The molecule has 20 heavy (non-hydrogen) atoms. The van der Waals surface area contributed by atoms with Crippen molar-refractivity contribution in [2.75, 3.05) is 13.2 Å². The van der Waals surface area contributed by atoms with Crippen LogP contribution in [0.25, 0.3) is 0 Å². The van der Waals surface area contributed by atoms with Crippen molar-refractivity contribution in [3.8, 4) is 5.75 Å². The smallest absolute Gasteiger partial charge is 0.128 e. The standard InChI is InChI=1S/C15H18BrN3O/c1-11-2-4-12(5-3-11)20-9-6-14-18-15(16)13-10-17-7-8-19(13)14/h2-5,17H,6-10H2,1H3. The second-order valence-electron chi connectivity index (χ2n) is 5.01. The third-order valence-electron chi connectivity index (χ3n) is 3.52. The lowest BCUT2D eigenvalue weighted by Crippen LogP contribution is -2.29. The van der Waals surface area contributed by atoms with Gasteiger partial charge in [-0.25, -0.2) is 4.98 Å². The number of rotatable bonds is 4. The maximum Gasteiger partial charge on any atom is 0.128 e. The number of nitrogens with zero attached hydrogens (tertiary/aromatic N) is 2. The normalized spacial score (nSPS) is 14.1. The Labute approximate surface area is 127 Å². The first-order valence-corrected chi connectivity index (χ1v) is 7.67. The lowest BCUT2D eigenvalue weighted by molar-refractivity contribution is 0.315. The molecule has 0 atom stereocenters. The Kier molecular flexibility index (Phi) is 4.08. The summed E-state index contributed by atoms with van der Waals surface area (Å²) >= 11 is 3.53. The van der Waals surface area contributed by atoms with Crippen LogP contribution in [0, 0.1) is 6.92 Å². The van der Waals surface area contributed by atoms with Gasteiger partial charge in [-0.15, -0.1) is 0 Å². The Morgan fingerprint density at radius 1 is 1.35 bits per heavy atom. The van der Waals surface area contributed by atoms with Crippen LogP contribution in [0.4, 0.5) is 0 Å². The third-order valence-corrected chi connectivity index (χ3v) is 4.16. The second-order valence-corrected chi connectivity index (χ2v) is 5.76. The Hall–Kier alpha value is -1.33. The van der Waals surface area contributed by atoms with Gasteiger partial charge in [0.15, 0.2) is 0 Å². The fourth-order valence-corrected chi connectivity index (χ4v) is 2.98. The maximum atomic E-state index is 5.78. The monoisotopic (exact) mass is 335 g/mol. The molecular formula is C15H18BrN3O. The highest BCUT2D eigenvalue weighted by molar-refractivity contribution is 9.10.